The molecule has 3 fully saturated rings. The first kappa shape index (κ1) is 21.6. The molecule has 1 aromatic carbocycles. The molecule has 3 amide bonds. The lowest BCUT2D eigenvalue weighted by molar-refractivity contribution is -0.151. The van der Waals surface area contributed by atoms with Gasteiger partial charge in [0, 0.05) is 38.6 Å². The smallest absolute Gasteiger partial charge is 0.410 e. The molecule has 0 bridgehead atoms. The number of piperidine rings is 1. The van der Waals surface area contributed by atoms with Gasteiger partial charge in [0.25, 0.3) is 0 Å². The lowest BCUT2D eigenvalue weighted by Gasteiger charge is -2.42. The van der Waals surface area contributed by atoms with Crippen molar-refractivity contribution in [2.75, 3.05) is 39.8 Å². The summed E-state index contributed by atoms with van der Waals surface area (Å²) in [5.41, 5.74) is 2.90. The van der Waals surface area contributed by atoms with Gasteiger partial charge in [0.15, 0.2) is 0 Å². The molecule has 9 heteroatoms. The van der Waals surface area contributed by atoms with E-state index < -0.39 is 24.0 Å². The Kier molecular flexibility index (Phi) is 6.43. The van der Waals surface area contributed by atoms with Crippen LogP contribution >= 0.6 is 0 Å². The standard InChI is InChI=1S/C22H30N4O5/c1-24-14-17(31-22(29)25-9-5-10-25)12-18(20(27)23-30)19(24)21(28)26-11-8-16(13-26)15-6-3-2-4-7-15/h2-4,6-7,16-19,30H,5,8-14H2,1H3,(H,23,27)/t16-,17-,18-,19-/m0/s1. The Morgan fingerprint density at radius 3 is 2.45 bits per heavy atom. The number of benzene rings is 1. The maximum atomic E-state index is 13.4. The fourth-order valence-electron chi connectivity index (χ4n) is 4.87. The Labute approximate surface area is 181 Å². The lowest BCUT2D eigenvalue weighted by Crippen LogP contribution is -2.60. The summed E-state index contributed by atoms with van der Waals surface area (Å²) in [6, 6.07) is 9.41. The number of ether oxygens (including phenoxy) is 1. The molecule has 3 aliphatic heterocycles. The molecule has 31 heavy (non-hydrogen) atoms. The number of nitrogens with zero attached hydrogens (tertiary/aromatic N) is 3. The zero-order valence-electron chi connectivity index (χ0n) is 17.8. The van der Waals surface area contributed by atoms with Gasteiger partial charge < -0.3 is 14.5 Å². The van der Waals surface area contributed by atoms with Crippen LogP contribution in [-0.2, 0) is 14.3 Å². The minimum atomic E-state index is -0.804. The van der Waals surface area contributed by atoms with Gasteiger partial charge in [-0.1, -0.05) is 30.3 Å². The van der Waals surface area contributed by atoms with E-state index in [1.807, 2.05) is 23.1 Å². The SMILES string of the molecule is CN1C[C@@H](OC(=O)N2CCC2)C[C@H](C(=O)NO)[C@H]1C(=O)N1CC[C@H](c2ccccc2)C1. The molecule has 0 aromatic heterocycles. The number of hydroxylamine groups is 1. The van der Waals surface area contributed by atoms with E-state index >= 15 is 0 Å². The highest BCUT2D eigenvalue weighted by Gasteiger charge is 2.46. The summed E-state index contributed by atoms with van der Waals surface area (Å²) >= 11 is 0. The second-order valence-corrected chi connectivity index (χ2v) is 8.73. The van der Waals surface area contributed by atoms with E-state index in [2.05, 4.69) is 12.1 Å². The van der Waals surface area contributed by atoms with Gasteiger partial charge in [-0.3, -0.25) is 19.7 Å². The van der Waals surface area contributed by atoms with Crippen LogP contribution in [0.5, 0.6) is 0 Å². The van der Waals surface area contributed by atoms with Crippen LogP contribution in [0.2, 0.25) is 0 Å². The molecule has 9 nitrogen and oxygen atoms in total. The minimum absolute atomic E-state index is 0.123. The number of likely N-dealkylation sites (tertiary alicyclic amines) is 3. The van der Waals surface area contributed by atoms with Crippen molar-refractivity contribution in [3.63, 3.8) is 0 Å². The number of hydrogen-bond donors (Lipinski definition) is 2. The van der Waals surface area contributed by atoms with Crippen LogP contribution in [-0.4, -0.2) is 89.7 Å². The molecule has 1 aromatic rings. The molecular formula is C22H30N4O5. The summed E-state index contributed by atoms with van der Waals surface area (Å²) in [7, 11) is 1.76. The van der Waals surface area contributed by atoms with Gasteiger partial charge >= 0.3 is 6.09 Å². The zero-order chi connectivity index (χ0) is 22.0. The number of carbonyl (C=O) groups excluding carboxylic acids is 3. The number of amides is 3. The monoisotopic (exact) mass is 430 g/mol. The van der Waals surface area contributed by atoms with Crippen LogP contribution in [0.15, 0.2) is 30.3 Å². The zero-order valence-corrected chi connectivity index (χ0v) is 17.8. The van der Waals surface area contributed by atoms with Crippen molar-refractivity contribution in [1.29, 1.82) is 0 Å². The third-order valence-electron chi connectivity index (χ3n) is 6.72. The van der Waals surface area contributed by atoms with Gasteiger partial charge in [0.2, 0.25) is 11.8 Å². The molecular weight excluding hydrogens is 400 g/mol. The number of rotatable bonds is 4. The Bertz CT molecular complexity index is 815. The van der Waals surface area contributed by atoms with Gasteiger partial charge in [-0.05, 0) is 31.9 Å². The first-order valence-electron chi connectivity index (χ1n) is 10.9. The van der Waals surface area contributed by atoms with Crippen molar-refractivity contribution < 1.29 is 24.3 Å². The van der Waals surface area contributed by atoms with Gasteiger partial charge in [-0.15, -0.1) is 0 Å². The highest BCUT2D eigenvalue weighted by Crippen LogP contribution is 2.31. The van der Waals surface area contributed by atoms with Crippen molar-refractivity contribution in [1.82, 2.24) is 20.2 Å². The van der Waals surface area contributed by atoms with E-state index in [4.69, 9.17) is 4.74 Å². The average Bonchev–Trinajstić information content (AvgIpc) is 3.22. The Morgan fingerprint density at radius 2 is 1.81 bits per heavy atom. The lowest BCUT2D eigenvalue weighted by atomic mass is 9.86. The van der Waals surface area contributed by atoms with E-state index in [0.717, 1.165) is 12.8 Å². The molecule has 0 unspecified atom stereocenters. The molecule has 3 saturated heterocycles. The summed E-state index contributed by atoms with van der Waals surface area (Å²) in [5.74, 6) is -1.29. The topological polar surface area (TPSA) is 102 Å². The van der Waals surface area contributed by atoms with E-state index in [-0.39, 0.29) is 24.3 Å². The van der Waals surface area contributed by atoms with Crippen LogP contribution in [0.4, 0.5) is 4.79 Å². The van der Waals surface area contributed by atoms with Gasteiger partial charge in [-0.2, -0.15) is 0 Å². The van der Waals surface area contributed by atoms with Crippen LogP contribution in [0, 0.1) is 5.92 Å². The molecule has 4 atom stereocenters. The van der Waals surface area contributed by atoms with E-state index in [1.54, 1.807) is 22.3 Å². The van der Waals surface area contributed by atoms with Crippen molar-refractivity contribution in [3.05, 3.63) is 35.9 Å². The molecule has 0 radical (unpaired) electrons. The fourth-order valence-corrected chi connectivity index (χ4v) is 4.87. The van der Waals surface area contributed by atoms with E-state index in [1.165, 1.54) is 5.56 Å². The molecule has 168 valence electrons. The van der Waals surface area contributed by atoms with Crippen LogP contribution in [0.25, 0.3) is 0 Å². The number of hydrogen-bond acceptors (Lipinski definition) is 6. The van der Waals surface area contributed by atoms with Gasteiger partial charge in [-0.25, -0.2) is 10.3 Å². The Hall–Kier alpha value is -2.65. The highest BCUT2D eigenvalue weighted by atomic mass is 16.6. The quantitative estimate of drug-likeness (QED) is 0.547. The first-order valence-corrected chi connectivity index (χ1v) is 10.9. The second-order valence-electron chi connectivity index (χ2n) is 8.73. The molecule has 0 saturated carbocycles. The highest BCUT2D eigenvalue weighted by molar-refractivity contribution is 5.90. The maximum absolute atomic E-state index is 13.4. The third-order valence-corrected chi connectivity index (χ3v) is 6.72. The molecule has 2 N–H and O–H groups in total. The minimum Gasteiger partial charge on any atom is -0.445 e. The van der Waals surface area contributed by atoms with Gasteiger partial charge in [0.1, 0.15) is 12.1 Å². The number of nitrogens with one attached hydrogen (secondary N) is 1. The molecule has 0 aliphatic carbocycles. The summed E-state index contributed by atoms with van der Waals surface area (Å²) < 4.78 is 5.58. The maximum Gasteiger partial charge on any atom is 0.410 e. The van der Waals surface area contributed by atoms with Crippen LogP contribution < -0.4 is 5.48 Å². The average molecular weight is 431 g/mol. The summed E-state index contributed by atoms with van der Waals surface area (Å²) in [6.07, 6.45) is 1.14. The van der Waals surface area contributed by atoms with Crippen LogP contribution in [0.3, 0.4) is 0 Å². The molecule has 4 rings (SSSR count). The largest absolute Gasteiger partial charge is 0.445 e. The summed E-state index contributed by atoms with van der Waals surface area (Å²) in [5, 5.41) is 9.27. The second kappa shape index (κ2) is 9.23. The predicted molar refractivity (Wildman–Crippen MR) is 111 cm³/mol. The van der Waals surface area contributed by atoms with Gasteiger partial charge in [0.05, 0.1) is 5.92 Å². The Morgan fingerprint density at radius 1 is 1.06 bits per heavy atom. The third kappa shape index (κ3) is 4.52. The van der Waals surface area contributed by atoms with Crippen molar-refractivity contribution in [2.45, 2.75) is 37.3 Å². The fraction of sp³-hybridized carbons (Fsp3) is 0.591. The van der Waals surface area contributed by atoms with Crippen LogP contribution in [0.1, 0.15) is 30.7 Å². The normalized spacial score (nSPS) is 28.7. The molecule has 3 heterocycles. The first-order chi connectivity index (χ1) is 15.0. The van der Waals surface area contributed by atoms with E-state index in [0.29, 0.717) is 32.7 Å². The molecule has 3 aliphatic rings. The summed E-state index contributed by atoms with van der Waals surface area (Å²) in [4.78, 5) is 43.3. The summed E-state index contributed by atoms with van der Waals surface area (Å²) in [6.45, 7) is 2.96. The Balaban J connectivity index is 1.44. The van der Waals surface area contributed by atoms with E-state index in [9.17, 15) is 19.6 Å². The van der Waals surface area contributed by atoms with Crippen molar-refractivity contribution in [3.8, 4) is 0 Å². The predicted octanol–water partition coefficient (Wildman–Crippen LogP) is 1.04. The number of likely N-dealkylation sites (N-methyl/N-ethyl adjacent to an activating group) is 1. The van der Waals surface area contributed by atoms with Crippen molar-refractivity contribution in [2.24, 2.45) is 5.92 Å². The molecule has 0 spiro atoms. The van der Waals surface area contributed by atoms with Crippen molar-refractivity contribution >= 4 is 17.9 Å². The number of carbonyl (C=O) groups is 3.